The fourth-order valence-electron chi connectivity index (χ4n) is 2.32. The molecule has 1 amide bonds. The van der Waals surface area contributed by atoms with Gasteiger partial charge in [0, 0.05) is 18.7 Å². The highest BCUT2D eigenvalue weighted by molar-refractivity contribution is 5.69. The third-order valence-electron chi connectivity index (χ3n) is 3.19. The van der Waals surface area contributed by atoms with Gasteiger partial charge in [-0.05, 0) is 38.8 Å². The predicted octanol–water partition coefficient (Wildman–Crippen LogP) is 2.69. The van der Waals surface area contributed by atoms with Crippen molar-refractivity contribution < 1.29 is 19.4 Å². The number of aromatic hydroxyl groups is 1. The number of phenolic OH excluding ortho intramolecular Hbond substituents is 1. The zero-order chi connectivity index (χ0) is 14.9. The van der Waals surface area contributed by atoms with E-state index in [1.807, 2.05) is 26.8 Å². The molecule has 1 N–H and O–H groups in total. The number of carbonyl (C=O) groups is 1. The molecule has 5 heteroatoms. The Kier molecular flexibility index (Phi) is 3.79. The topological polar surface area (TPSA) is 59.0 Å². The molecule has 0 fully saturated rings. The van der Waals surface area contributed by atoms with Gasteiger partial charge in [0.05, 0.1) is 7.11 Å². The Morgan fingerprint density at radius 3 is 2.65 bits per heavy atom. The number of benzene rings is 1. The van der Waals surface area contributed by atoms with Crippen LogP contribution in [-0.2, 0) is 17.7 Å². The van der Waals surface area contributed by atoms with Gasteiger partial charge in [-0.2, -0.15) is 0 Å². The minimum atomic E-state index is -0.496. The molecule has 1 aromatic rings. The van der Waals surface area contributed by atoms with Gasteiger partial charge in [0.25, 0.3) is 0 Å². The van der Waals surface area contributed by atoms with Gasteiger partial charge in [-0.3, -0.25) is 0 Å². The van der Waals surface area contributed by atoms with E-state index in [2.05, 4.69) is 0 Å². The zero-order valence-electron chi connectivity index (χ0n) is 12.4. The summed E-state index contributed by atoms with van der Waals surface area (Å²) in [5.41, 5.74) is 1.45. The fraction of sp³-hybridized carbons (Fsp3) is 0.533. The summed E-state index contributed by atoms with van der Waals surface area (Å²) in [7, 11) is 1.54. The van der Waals surface area contributed by atoms with Crippen LogP contribution in [0.15, 0.2) is 12.1 Å². The quantitative estimate of drug-likeness (QED) is 0.858. The van der Waals surface area contributed by atoms with Crippen LogP contribution in [0, 0.1) is 0 Å². The lowest BCUT2D eigenvalue weighted by molar-refractivity contribution is 0.0223. The second kappa shape index (κ2) is 5.23. The van der Waals surface area contributed by atoms with Gasteiger partial charge < -0.3 is 19.5 Å². The summed E-state index contributed by atoms with van der Waals surface area (Å²) in [4.78, 5) is 13.7. The van der Waals surface area contributed by atoms with Crippen molar-refractivity contribution in [3.8, 4) is 11.5 Å². The predicted molar refractivity (Wildman–Crippen MR) is 75.0 cm³/mol. The van der Waals surface area contributed by atoms with E-state index >= 15 is 0 Å². The van der Waals surface area contributed by atoms with E-state index in [4.69, 9.17) is 9.47 Å². The maximum atomic E-state index is 12.1. The molecular formula is C15H21NO4. The molecule has 0 atom stereocenters. The number of hydrogen-bond acceptors (Lipinski definition) is 4. The third-order valence-corrected chi connectivity index (χ3v) is 3.19. The highest BCUT2D eigenvalue weighted by Crippen LogP contribution is 2.35. The van der Waals surface area contributed by atoms with E-state index in [0.29, 0.717) is 25.3 Å². The Bertz CT molecular complexity index is 519. The molecule has 1 heterocycles. The number of phenols is 1. The second-order valence-corrected chi connectivity index (χ2v) is 5.91. The summed E-state index contributed by atoms with van der Waals surface area (Å²) in [6.45, 7) is 6.58. The molecule has 0 spiro atoms. The number of carbonyl (C=O) groups excluding carboxylic acids is 1. The van der Waals surface area contributed by atoms with Crippen LogP contribution < -0.4 is 4.74 Å². The van der Waals surface area contributed by atoms with Crippen molar-refractivity contribution >= 4 is 6.09 Å². The van der Waals surface area contributed by atoms with Crippen LogP contribution in [0.25, 0.3) is 0 Å². The van der Waals surface area contributed by atoms with Crippen LogP contribution in [-0.4, -0.2) is 35.4 Å². The Morgan fingerprint density at radius 1 is 1.35 bits per heavy atom. The molecule has 2 rings (SSSR count). The largest absolute Gasteiger partial charge is 0.504 e. The van der Waals surface area contributed by atoms with Crippen molar-refractivity contribution in [3.05, 3.63) is 23.3 Å². The molecule has 0 bridgehead atoms. The molecular weight excluding hydrogens is 258 g/mol. The van der Waals surface area contributed by atoms with Crippen LogP contribution in [0.3, 0.4) is 0 Å². The molecule has 20 heavy (non-hydrogen) atoms. The van der Waals surface area contributed by atoms with Crippen molar-refractivity contribution in [1.29, 1.82) is 0 Å². The van der Waals surface area contributed by atoms with Gasteiger partial charge in [0.15, 0.2) is 11.5 Å². The maximum absolute atomic E-state index is 12.1. The number of rotatable bonds is 1. The molecule has 1 aliphatic heterocycles. The lowest BCUT2D eigenvalue weighted by atomic mass is 9.98. The average molecular weight is 279 g/mol. The lowest BCUT2D eigenvalue weighted by Crippen LogP contribution is -2.39. The molecule has 0 aliphatic carbocycles. The Morgan fingerprint density at radius 2 is 2.05 bits per heavy atom. The number of ether oxygens (including phenoxy) is 2. The van der Waals surface area contributed by atoms with E-state index in [1.165, 1.54) is 7.11 Å². The van der Waals surface area contributed by atoms with Crippen molar-refractivity contribution in [2.24, 2.45) is 0 Å². The summed E-state index contributed by atoms with van der Waals surface area (Å²) in [5, 5.41) is 9.76. The third kappa shape index (κ3) is 2.98. The van der Waals surface area contributed by atoms with Crippen molar-refractivity contribution in [1.82, 2.24) is 4.90 Å². The second-order valence-electron chi connectivity index (χ2n) is 5.91. The lowest BCUT2D eigenvalue weighted by Gasteiger charge is -2.31. The van der Waals surface area contributed by atoms with Crippen LogP contribution in [0.1, 0.15) is 31.9 Å². The highest BCUT2D eigenvalue weighted by atomic mass is 16.6. The summed E-state index contributed by atoms with van der Waals surface area (Å²) >= 11 is 0. The van der Waals surface area contributed by atoms with Gasteiger partial charge >= 0.3 is 6.09 Å². The van der Waals surface area contributed by atoms with Crippen LogP contribution in [0.2, 0.25) is 0 Å². The Hall–Kier alpha value is -1.91. The van der Waals surface area contributed by atoms with Gasteiger partial charge in [0.2, 0.25) is 0 Å². The molecule has 0 saturated heterocycles. The number of hydrogen-bond donors (Lipinski definition) is 1. The number of amides is 1. The molecule has 0 saturated carbocycles. The molecule has 110 valence electrons. The first-order valence-electron chi connectivity index (χ1n) is 6.67. The van der Waals surface area contributed by atoms with E-state index in [-0.39, 0.29) is 11.8 Å². The smallest absolute Gasteiger partial charge is 0.410 e. The molecule has 0 radical (unpaired) electrons. The number of methoxy groups -OCH3 is 1. The molecule has 1 aromatic carbocycles. The van der Waals surface area contributed by atoms with E-state index < -0.39 is 5.60 Å². The standard InChI is InChI=1S/C15H21NO4/c1-15(2,3)20-14(18)16-8-7-11-10(9-16)5-6-12(17)13(11)19-4/h5-6,17H,7-9H2,1-4H3. The van der Waals surface area contributed by atoms with Gasteiger partial charge in [0.1, 0.15) is 5.60 Å². The van der Waals surface area contributed by atoms with Gasteiger partial charge in [-0.1, -0.05) is 6.07 Å². The highest BCUT2D eigenvalue weighted by Gasteiger charge is 2.27. The molecule has 0 aromatic heterocycles. The number of nitrogens with zero attached hydrogens (tertiary/aromatic N) is 1. The summed E-state index contributed by atoms with van der Waals surface area (Å²) in [6, 6.07) is 3.42. The summed E-state index contributed by atoms with van der Waals surface area (Å²) < 4.78 is 10.6. The van der Waals surface area contributed by atoms with Crippen LogP contribution in [0.5, 0.6) is 11.5 Å². The first kappa shape index (κ1) is 14.5. The molecule has 5 nitrogen and oxygen atoms in total. The normalized spacial score (nSPS) is 14.7. The Balaban J connectivity index is 2.18. The monoisotopic (exact) mass is 279 g/mol. The van der Waals surface area contributed by atoms with E-state index in [0.717, 1.165) is 11.1 Å². The van der Waals surface area contributed by atoms with Crippen molar-refractivity contribution in [2.75, 3.05) is 13.7 Å². The maximum Gasteiger partial charge on any atom is 0.410 e. The van der Waals surface area contributed by atoms with Crippen molar-refractivity contribution in [2.45, 2.75) is 39.3 Å². The summed E-state index contributed by atoms with van der Waals surface area (Å²) in [6.07, 6.45) is 0.335. The Labute approximate surface area is 119 Å². The molecule has 1 aliphatic rings. The van der Waals surface area contributed by atoms with Crippen LogP contribution in [0.4, 0.5) is 4.79 Å². The van der Waals surface area contributed by atoms with Gasteiger partial charge in [-0.15, -0.1) is 0 Å². The first-order chi connectivity index (χ1) is 9.31. The van der Waals surface area contributed by atoms with Gasteiger partial charge in [-0.25, -0.2) is 4.79 Å². The van der Waals surface area contributed by atoms with E-state index in [1.54, 1.807) is 11.0 Å². The summed E-state index contributed by atoms with van der Waals surface area (Å²) in [5.74, 6) is 0.642. The SMILES string of the molecule is COc1c(O)ccc2c1CCN(C(=O)OC(C)(C)C)C2. The van der Waals surface area contributed by atoms with E-state index in [9.17, 15) is 9.90 Å². The van der Waals surface area contributed by atoms with Crippen LogP contribution >= 0.6 is 0 Å². The number of fused-ring (bicyclic) bond motifs is 1. The molecule has 0 unspecified atom stereocenters. The minimum absolute atomic E-state index is 0.136. The fourth-order valence-corrected chi connectivity index (χ4v) is 2.32. The zero-order valence-corrected chi connectivity index (χ0v) is 12.4. The first-order valence-corrected chi connectivity index (χ1v) is 6.67. The average Bonchev–Trinajstić information content (AvgIpc) is 2.36. The minimum Gasteiger partial charge on any atom is -0.504 e. The van der Waals surface area contributed by atoms with Crippen molar-refractivity contribution in [3.63, 3.8) is 0 Å².